The molecule has 0 atom stereocenters. The average molecular weight is 295 g/mol. The molecule has 0 unspecified atom stereocenters. The minimum absolute atomic E-state index is 0.122. The zero-order valence-corrected chi connectivity index (χ0v) is 11.3. The van der Waals surface area contributed by atoms with E-state index in [-0.39, 0.29) is 17.5 Å². The number of anilines is 1. The molecule has 1 aromatic carbocycles. The first-order valence-electron chi connectivity index (χ1n) is 5.79. The first-order valence-corrected chi connectivity index (χ1v) is 6.16. The second-order valence-electron chi connectivity index (χ2n) is 3.73. The lowest BCUT2D eigenvalue weighted by atomic mass is 10.3. The van der Waals surface area contributed by atoms with Gasteiger partial charge in [-0.2, -0.15) is 4.98 Å². The zero-order chi connectivity index (χ0) is 14.5. The number of halogens is 1. The summed E-state index contributed by atoms with van der Waals surface area (Å²) in [5.74, 6) is 0.545. The van der Waals surface area contributed by atoms with Crippen molar-refractivity contribution in [3.05, 3.63) is 45.6 Å². The summed E-state index contributed by atoms with van der Waals surface area (Å²) in [6.45, 7) is 2.46. The van der Waals surface area contributed by atoms with Crippen LogP contribution >= 0.6 is 11.6 Å². The van der Waals surface area contributed by atoms with Gasteiger partial charge in [0, 0.05) is 11.6 Å². The normalized spacial score (nSPS) is 10.1. The molecule has 1 heterocycles. The summed E-state index contributed by atoms with van der Waals surface area (Å²) < 4.78 is 5.42. The molecular formula is C12H11ClN4O3. The van der Waals surface area contributed by atoms with E-state index in [1.54, 1.807) is 24.3 Å². The number of benzene rings is 1. The summed E-state index contributed by atoms with van der Waals surface area (Å²) >= 11 is 5.76. The smallest absolute Gasteiger partial charge is 0.349 e. The molecule has 0 bridgehead atoms. The van der Waals surface area contributed by atoms with Crippen LogP contribution in [0.5, 0.6) is 11.6 Å². The van der Waals surface area contributed by atoms with Gasteiger partial charge in [-0.25, -0.2) is 4.98 Å². The fourth-order valence-corrected chi connectivity index (χ4v) is 1.54. The van der Waals surface area contributed by atoms with Gasteiger partial charge in [-0.15, -0.1) is 0 Å². The summed E-state index contributed by atoms with van der Waals surface area (Å²) in [6.07, 6.45) is 1.11. The van der Waals surface area contributed by atoms with Crippen molar-refractivity contribution >= 4 is 23.2 Å². The van der Waals surface area contributed by atoms with Crippen molar-refractivity contribution in [2.24, 2.45) is 0 Å². The van der Waals surface area contributed by atoms with Gasteiger partial charge in [0.05, 0.1) is 4.92 Å². The molecule has 7 nitrogen and oxygen atoms in total. The molecular weight excluding hydrogens is 284 g/mol. The van der Waals surface area contributed by atoms with Gasteiger partial charge in [-0.3, -0.25) is 10.1 Å². The van der Waals surface area contributed by atoms with Crippen LogP contribution in [0.25, 0.3) is 0 Å². The highest BCUT2D eigenvalue weighted by atomic mass is 35.5. The quantitative estimate of drug-likeness (QED) is 0.672. The third kappa shape index (κ3) is 3.33. The van der Waals surface area contributed by atoms with E-state index in [1.165, 1.54) is 0 Å². The maximum absolute atomic E-state index is 10.9. The number of rotatable bonds is 5. The van der Waals surface area contributed by atoms with E-state index in [0.29, 0.717) is 17.3 Å². The van der Waals surface area contributed by atoms with Crippen molar-refractivity contribution in [2.75, 3.05) is 11.9 Å². The molecule has 0 aliphatic heterocycles. The lowest BCUT2D eigenvalue weighted by molar-refractivity contribution is -0.386. The number of hydrogen-bond donors (Lipinski definition) is 1. The van der Waals surface area contributed by atoms with Gasteiger partial charge in [-0.05, 0) is 31.2 Å². The largest absolute Gasteiger partial charge is 0.434 e. The molecule has 0 aliphatic carbocycles. The van der Waals surface area contributed by atoms with Crippen LogP contribution in [0.2, 0.25) is 5.02 Å². The van der Waals surface area contributed by atoms with Crippen molar-refractivity contribution in [1.29, 1.82) is 0 Å². The highest BCUT2D eigenvalue weighted by molar-refractivity contribution is 6.30. The van der Waals surface area contributed by atoms with Gasteiger partial charge in [0.1, 0.15) is 11.9 Å². The van der Waals surface area contributed by atoms with E-state index in [9.17, 15) is 10.1 Å². The molecule has 8 heteroatoms. The Balaban J connectivity index is 2.34. The number of aromatic nitrogens is 2. The molecule has 0 aliphatic rings. The van der Waals surface area contributed by atoms with Crippen LogP contribution in [0, 0.1) is 10.1 Å². The lowest BCUT2D eigenvalue weighted by Crippen LogP contribution is -2.04. The average Bonchev–Trinajstić information content (AvgIpc) is 2.42. The summed E-state index contributed by atoms with van der Waals surface area (Å²) in [6, 6.07) is 6.44. The van der Waals surface area contributed by atoms with Crippen molar-refractivity contribution in [2.45, 2.75) is 6.92 Å². The zero-order valence-electron chi connectivity index (χ0n) is 10.5. The van der Waals surface area contributed by atoms with E-state index in [4.69, 9.17) is 16.3 Å². The van der Waals surface area contributed by atoms with Crippen molar-refractivity contribution in [1.82, 2.24) is 9.97 Å². The maximum Gasteiger partial charge on any atom is 0.349 e. The molecule has 2 aromatic rings. The number of nitro groups is 1. The SMILES string of the molecule is CCNc1ncc([N+](=O)[O-])c(Oc2ccc(Cl)cc2)n1. The van der Waals surface area contributed by atoms with Crippen molar-refractivity contribution in [3.8, 4) is 11.6 Å². The number of nitrogens with one attached hydrogen (secondary N) is 1. The topological polar surface area (TPSA) is 90.2 Å². The Morgan fingerprint density at radius 2 is 2.10 bits per heavy atom. The Bertz CT molecular complexity index is 619. The minimum Gasteiger partial charge on any atom is -0.434 e. The molecule has 1 aromatic heterocycles. The van der Waals surface area contributed by atoms with Crippen LogP contribution in [-0.2, 0) is 0 Å². The lowest BCUT2D eigenvalue weighted by Gasteiger charge is -2.07. The maximum atomic E-state index is 10.9. The number of nitrogens with zero attached hydrogens (tertiary/aromatic N) is 3. The molecule has 2 rings (SSSR count). The Morgan fingerprint density at radius 1 is 1.40 bits per heavy atom. The van der Waals surface area contributed by atoms with E-state index in [2.05, 4.69) is 15.3 Å². The third-order valence-corrected chi connectivity index (χ3v) is 2.55. The van der Waals surface area contributed by atoms with Gasteiger partial charge in [0.15, 0.2) is 0 Å². The molecule has 20 heavy (non-hydrogen) atoms. The van der Waals surface area contributed by atoms with Crippen LogP contribution < -0.4 is 10.1 Å². The molecule has 0 radical (unpaired) electrons. The predicted octanol–water partition coefficient (Wildman–Crippen LogP) is 3.26. The highest BCUT2D eigenvalue weighted by Gasteiger charge is 2.19. The predicted molar refractivity (Wildman–Crippen MR) is 74.4 cm³/mol. The molecule has 0 saturated heterocycles. The fraction of sp³-hybridized carbons (Fsp3) is 0.167. The molecule has 0 spiro atoms. The first-order chi connectivity index (χ1) is 9.60. The molecule has 1 N–H and O–H groups in total. The molecule has 104 valence electrons. The van der Waals surface area contributed by atoms with Crippen LogP contribution in [0.4, 0.5) is 11.6 Å². The van der Waals surface area contributed by atoms with E-state index >= 15 is 0 Å². The van der Waals surface area contributed by atoms with Gasteiger partial charge in [0.25, 0.3) is 0 Å². The van der Waals surface area contributed by atoms with Crippen molar-refractivity contribution < 1.29 is 9.66 Å². The minimum atomic E-state index is -0.596. The third-order valence-electron chi connectivity index (χ3n) is 2.30. The molecule has 0 saturated carbocycles. The highest BCUT2D eigenvalue weighted by Crippen LogP contribution is 2.29. The fourth-order valence-electron chi connectivity index (χ4n) is 1.42. The first kappa shape index (κ1) is 14.0. The summed E-state index contributed by atoms with van der Waals surface area (Å²) in [7, 11) is 0. The van der Waals surface area contributed by atoms with Crippen LogP contribution in [0.3, 0.4) is 0 Å². The van der Waals surface area contributed by atoms with E-state index < -0.39 is 4.92 Å². The van der Waals surface area contributed by atoms with Crippen LogP contribution in [0.1, 0.15) is 6.92 Å². The van der Waals surface area contributed by atoms with Gasteiger partial charge >= 0.3 is 11.6 Å². The Morgan fingerprint density at radius 3 is 2.70 bits per heavy atom. The summed E-state index contributed by atoms with van der Waals surface area (Å²) in [5.41, 5.74) is -0.304. The number of ether oxygens (including phenoxy) is 1. The monoisotopic (exact) mass is 294 g/mol. The Labute approximate surface area is 119 Å². The van der Waals surface area contributed by atoms with Gasteiger partial charge in [0.2, 0.25) is 5.95 Å². The number of hydrogen-bond acceptors (Lipinski definition) is 6. The Hall–Kier alpha value is -2.41. The second kappa shape index (κ2) is 6.16. The summed E-state index contributed by atoms with van der Waals surface area (Å²) in [4.78, 5) is 18.2. The van der Waals surface area contributed by atoms with Gasteiger partial charge in [-0.1, -0.05) is 11.6 Å². The molecule has 0 amide bonds. The molecule has 0 fully saturated rings. The van der Waals surface area contributed by atoms with Gasteiger partial charge < -0.3 is 10.1 Å². The van der Waals surface area contributed by atoms with Crippen molar-refractivity contribution in [3.63, 3.8) is 0 Å². The van der Waals surface area contributed by atoms with E-state index in [0.717, 1.165) is 6.20 Å². The standard InChI is InChI=1S/C12H11ClN4O3/c1-2-14-12-15-7-10(17(18)19)11(16-12)20-9-5-3-8(13)4-6-9/h3-7H,2H2,1H3,(H,14,15,16). The second-order valence-corrected chi connectivity index (χ2v) is 4.16. The summed E-state index contributed by atoms with van der Waals surface area (Å²) in [5, 5.41) is 14.3. The van der Waals surface area contributed by atoms with Crippen LogP contribution in [0.15, 0.2) is 30.5 Å². The van der Waals surface area contributed by atoms with Crippen LogP contribution in [-0.4, -0.2) is 21.4 Å². The Kier molecular flexibility index (Phi) is 4.31. The van der Waals surface area contributed by atoms with E-state index in [1.807, 2.05) is 6.92 Å².